The Hall–Kier alpha value is -2.42. The van der Waals surface area contributed by atoms with Gasteiger partial charge >= 0.3 is 0 Å². The number of imidazole rings is 1. The minimum atomic E-state index is 0.325. The first-order valence-corrected chi connectivity index (χ1v) is 5.33. The Morgan fingerprint density at radius 3 is 2.88 bits per heavy atom. The monoisotopic (exact) mass is 228 g/mol. The molecule has 2 aromatic heterocycles. The van der Waals surface area contributed by atoms with Crippen LogP contribution < -0.4 is 5.32 Å². The molecular formula is C11H12N6. The van der Waals surface area contributed by atoms with Crippen LogP contribution in [0.4, 0.5) is 5.82 Å². The first-order chi connectivity index (χ1) is 8.38. The van der Waals surface area contributed by atoms with Crippen LogP contribution in [0.3, 0.4) is 0 Å². The quantitative estimate of drug-likeness (QED) is 0.748. The first-order valence-electron chi connectivity index (χ1n) is 5.33. The van der Waals surface area contributed by atoms with Crippen LogP contribution in [0.2, 0.25) is 0 Å². The van der Waals surface area contributed by atoms with Crippen molar-refractivity contribution in [3.8, 4) is 6.07 Å². The highest BCUT2D eigenvalue weighted by molar-refractivity contribution is 5.32. The van der Waals surface area contributed by atoms with Gasteiger partial charge in [-0.15, -0.1) is 0 Å². The van der Waals surface area contributed by atoms with E-state index in [-0.39, 0.29) is 0 Å². The number of nitrogens with zero attached hydrogens (tertiary/aromatic N) is 4. The van der Waals surface area contributed by atoms with Crippen molar-refractivity contribution in [2.45, 2.75) is 12.8 Å². The second kappa shape index (κ2) is 5.61. The third kappa shape index (κ3) is 3.28. The van der Waals surface area contributed by atoms with Gasteiger partial charge in [0.25, 0.3) is 0 Å². The summed E-state index contributed by atoms with van der Waals surface area (Å²) < 4.78 is 0. The fourth-order valence-corrected chi connectivity index (χ4v) is 1.38. The number of nitrogens with one attached hydrogen (secondary N) is 2. The summed E-state index contributed by atoms with van der Waals surface area (Å²) in [5, 5.41) is 11.7. The number of aromatic nitrogens is 4. The van der Waals surface area contributed by atoms with Crippen LogP contribution in [-0.4, -0.2) is 26.5 Å². The maximum atomic E-state index is 8.56. The summed E-state index contributed by atoms with van der Waals surface area (Å²) in [4.78, 5) is 15.2. The van der Waals surface area contributed by atoms with E-state index in [9.17, 15) is 0 Å². The van der Waals surface area contributed by atoms with E-state index in [4.69, 9.17) is 5.26 Å². The molecule has 0 aliphatic carbocycles. The summed E-state index contributed by atoms with van der Waals surface area (Å²) in [6.45, 7) is 0.793. The van der Waals surface area contributed by atoms with Crippen LogP contribution in [0.1, 0.15) is 17.9 Å². The Balaban J connectivity index is 1.73. The number of hydrogen-bond donors (Lipinski definition) is 2. The van der Waals surface area contributed by atoms with Gasteiger partial charge in [0.2, 0.25) is 0 Å². The Morgan fingerprint density at radius 1 is 1.29 bits per heavy atom. The van der Waals surface area contributed by atoms with E-state index in [0.29, 0.717) is 11.5 Å². The highest BCUT2D eigenvalue weighted by Gasteiger charge is 1.97. The fraction of sp³-hybridized carbons (Fsp3) is 0.273. The average Bonchev–Trinajstić information content (AvgIpc) is 2.88. The minimum absolute atomic E-state index is 0.325. The molecule has 0 atom stereocenters. The zero-order valence-corrected chi connectivity index (χ0v) is 9.22. The van der Waals surface area contributed by atoms with Crippen LogP contribution in [0.25, 0.3) is 0 Å². The van der Waals surface area contributed by atoms with Crippen molar-refractivity contribution >= 4 is 5.82 Å². The molecule has 0 saturated carbocycles. The number of anilines is 1. The van der Waals surface area contributed by atoms with Crippen LogP contribution >= 0.6 is 0 Å². The van der Waals surface area contributed by atoms with E-state index in [1.165, 1.54) is 6.20 Å². The zero-order valence-electron chi connectivity index (χ0n) is 9.22. The van der Waals surface area contributed by atoms with Gasteiger partial charge in [0.1, 0.15) is 17.7 Å². The number of rotatable bonds is 5. The van der Waals surface area contributed by atoms with Crippen LogP contribution in [0.15, 0.2) is 24.8 Å². The van der Waals surface area contributed by atoms with Gasteiger partial charge in [-0.3, -0.25) is 0 Å². The third-order valence-corrected chi connectivity index (χ3v) is 2.22. The summed E-state index contributed by atoms with van der Waals surface area (Å²) in [5.41, 5.74) is 0.325. The number of H-pyrrole nitrogens is 1. The minimum Gasteiger partial charge on any atom is -0.369 e. The fourth-order valence-electron chi connectivity index (χ4n) is 1.38. The number of nitriles is 1. The van der Waals surface area contributed by atoms with Crippen molar-refractivity contribution < 1.29 is 0 Å². The summed E-state index contributed by atoms with van der Waals surface area (Å²) in [6, 6.07) is 1.93. The smallest absolute Gasteiger partial charge is 0.158 e. The topological polar surface area (TPSA) is 90.3 Å². The molecule has 86 valence electrons. The predicted molar refractivity (Wildman–Crippen MR) is 62.1 cm³/mol. The molecule has 6 nitrogen and oxygen atoms in total. The van der Waals surface area contributed by atoms with Gasteiger partial charge in [-0.25, -0.2) is 15.0 Å². The van der Waals surface area contributed by atoms with Crippen LogP contribution in [-0.2, 0) is 6.42 Å². The molecule has 0 amide bonds. The Bertz CT molecular complexity index is 482. The molecular weight excluding hydrogens is 216 g/mol. The van der Waals surface area contributed by atoms with E-state index in [2.05, 4.69) is 25.3 Å². The lowest BCUT2D eigenvalue weighted by Crippen LogP contribution is -2.05. The van der Waals surface area contributed by atoms with Gasteiger partial charge < -0.3 is 10.3 Å². The van der Waals surface area contributed by atoms with Gasteiger partial charge in [-0.05, 0) is 6.42 Å². The normalized spacial score (nSPS) is 9.82. The van der Waals surface area contributed by atoms with E-state index in [1.54, 1.807) is 12.4 Å². The molecule has 2 N–H and O–H groups in total. The van der Waals surface area contributed by atoms with E-state index in [1.807, 2.05) is 12.3 Å². The van der Waals surface area contributed by atoms with Crippen molar-refractivity contribution in [1.82, 2.24) is 19.9 Å². The molecule has 0 fully saturated rings. The zero-order chi connectivity index (χ0) is 11.9. The van der Waals surface area contributed by atoms with Crippen LogP contribution in [0, 0.1) is 11.3 Å². The summed E-state index contributed by atoms with van der Waals surface area (Å²) in [7, 11) is 0. The largest absolute Gasteiger partial charge is 0.369 e. The standard InChI is InChI=1S/C11H12N6/c12-6-9-7-17-11(8-16-9)13-3-1-2-10-14-4-5-15-10/h4-5,7-8H,1-3H2,(H,13,17)(H,14,15). The Morgan fingerprint density at radius 2 is 2.24 bits per heavy atom. The maximum absolute atomic E-state index is 8.56. The molecule has 0 bridgehead atoms. The molecule has 0 aliphatic heterocycles. The molecule has 0 saturated heterocycles. The highest BCUT2D eigenvalue weighted by atomic mass is 15.0. The average molecular weight is 228 g/mol. The van der Waals surface area contributed by atoms with Gasteiger partial charge in [-0.1, -0.05) is 0 Å². The molecule has 0 unspecified atom stereocenters. The molecule has 0 spiro atoms. The van der Waals surface area contributed by atoms with E-state index >= 15 is 0 Å². The number of hydrogen-bond acceptors (Lipinski definition) is 5. The molecule has 2 rings (SSSR count). The molecule has 2 heterocycles. The SMILES string of the molecule is N#Cc1cnc(NCCCc2ncc[nH]2)cn1. The lowest BCUT2D eigenvalue weighted by Gasteiger charge is -2.03. The lowest BCUT2D eigenvalue weighted by atomic mass is 10.3. The van der Waals surface area contributed by atoms with Crippen molar-refractivity contribution in [3.63, 3.8) is 0 Å². The maximum Gasteiger partial charge on any atom is 0.158 e. The molecule has 0 radical (unpaired) electrons. The Kier molecular flexibility index (Phi) is 3.65. The molecule has 6 heteroatoms. The van der Waals surface area contributed by atoms with Crippen molar-refractivity contribution in [2.24, 2.45) is 0 Å². The van der Waals surface area contributed by atoms with Gasteiger partial charge in [0.05, 0.1) is 12.4 Å². The van der Waals surface area contributed by atoms with Gasteiger partial charge in [0.15, 0.2) is 5.69 Å². The molecule has 0 aliphatic rings. The highest BCUT2D eigenvalue weighted by Crippen LogP contribution is 2.01. The summed E-state index contributed by atoms with van der Waals surface area (Å²) in [6.07, 6.45) is 8.42. The number of aromatic amines is 1. The van der Waals surface area contributed by atoms with Crippen LogP contribution in [0.5, 0.6) is 0 Å². The third-order valence-electron chi connectivity index (χ3n) is 2.22. The summed E-state index contributed by atoms with van der Waals surface area (Å²) >= 11 is 0. The predicted octanol–water partition coefficient (Wildman–Crippen LogP) is 1.12. The second-order valence-corrected chi connectivity index (χ2v) is 3.46. The van der Waals surface area contributed by atoms with E-state index < -0.39 is 0 Å². The number of aryl methyl sites for hydroxylation is 1. The molecule has 2 aromatic rings. The van der Waals surface area contributed by atoms with Crippen molar-refractivity contribution in [1.29, 1.82) is 5.26 Å². The first kappa shape index (κ1) is 11.1. The molecule has 17 heavy (non-hydrogen) atoms. The second-order valence-electron chi connectivity index (χ2n) is 3.46. The lowest BCUT2D eigenvalue weighted by molar-refractivity contribution is 0.813. The van der Waals surface area contributed by atoms with Crippen molar-refractivity contribution in [3.05, 3.63) is 36.3 Å². The van der Waals surface area contributed by atoms with Crippen molar-refractivity contribution in [2.75, 3.05) is 11.9 Å². The van der Waals surface area contributed by atoms with Gasteiger partial charge in [0, 0.05) is 25.4 Å². The Labute approximate surface area is 98.8 Å². The summed E-state index contributed by atoms with van der Waals surface area (Å²) in [5.74, 6) is 1.67. The van der Waals surface area contributed by atoms with E-state index in [0.717, 1.165) is 25.2 Å². The molecule has 0 aromatic carbocycles. The van der Waals surface area contributed by atoms with Gasteiger partial charge in [-0.2, -0.15) is 5.26 Å².